The Morgan fingerprint density at radius 1 is 1.14 bits per heavy atom. The molecule has 108 valence electrons. The van der Waals surface area contributed by atoms with E-state index in [4.69, 9.17) is 17.4 Å². The van der Waals surface area contributed by atoms with Crippen molar-refractivity contribution in [3.8, 4) is 0 Å². The lowest BCUT2D eigenvalue weighted by Gasteiger charge is -2.17. The number of aromatic nitrogens is 2. The van der Waals surface area contributed by atoms with Gasteiger partial charge in [0.15, 0.2) is 0 Å². The van der Waals surface area contributed by atoms with Crippen LogP contribution in [0.5, 0.6) is 0 Å². The summed E-state index contributed by atoms with van der Waals surface area (Å²) in [5, 5.41) is 0.747. The fourth-order valence-electron chi connectivity index (χ4n) is 2.47. The lowest BCUT2D eigenvalue weighted by molar-refractivity contribution is 0.460. The smallest absolute Gasteiger partial charge is 0.0958 e. The van der Waals surface area contributed by atoms with Gasteiger partial charge in [-0.25, -0.2) is 4.98 Å². The Labute approximate surface area is 128 Å². The van der Waals surface area contributed by atoms with Gasteiger partial charge in [-0.15, -0.1) is 0 Å². The number of para-hydroxylation sites is 2. The Kier molecular flexibility index (Phi) is 4.20. The topological polar surface area (TPSA) is 55.9 Å². The van der Waals surface area contributed by atoms with Crippen LogP contribution in [0.25, 0.3) is 11.0 Å². The van der Waals surface area contributed by atoms with Gasteiger partial charge in [-0.3, -0.25) is 11.3 Å². The van der Waals surface area contributed by atoms with Crippen molar-refractivity contribution in [2.75, 3.05) is 0 Å². The molecule has 1 atom stereocenters. The van der Waals surface area contributed by atoms with E-state index in [0.717, 1.165) is 29.0 Å². The van der Waals surface area contributed by atoms with Crippen LogP contribution in [0.3, 0.4) is 0 Å². The van der Waals surface area contributed by atoms with Crippen LogP contribution in [0.1, 0.15) is 5.56 Å². The van der Waals surface area contributed by atoms with Crippen molar-refractivity contribution in [2.24, 2.45) is 5.84 Å². The molecule has 0 saturated heterocycles. The summed E-state index contributed by atoms with van der Waals surface area (Å²) < 4.78 is 2.12. The Hall–Kier alpha value is -1.88. The molecule has 1 aromatic heterocycles. The number of hydrogen-bond donors (Lipinski definition) is 2. The zero-order valence-corrected chi connectivity index (χ0v) is 12.3. The molecule has 0 bridgehead atoms. The van der Waals surface area contributed by atoms with Crippen LogP contribution in [0.2, 0.25) is 5.02 Å². The average molecular weight is 301 g/mol. The van der Waals surface area contributed by atoms with Crippen LogP contribution in [0.4, 0.5) is 0 Å². The first-order valence-electron chi connectivity index (χ1n) is 6.86. The van der Waals surface area contributed by atoms with Gasteiger partial charge >= 0.3 is 0 Å². The summed E-state index contributed by atoms with van der Waals surface area (Å²) >= 11 is 5.91. The first-order chi connectivity index (χ1) is 10.3. The Morgan fingerprint density at radius 3 is 2.67 bits per heavy atom. The van der Waals surface area contributed by atoms with Gasteiger partial charge in [0.25, 0.3) is 0 Å². The first-order valence-corrected chi connectivity index (χ1v) is 7.24. The van der Waals surface area contributed by atoms with Gasteiger partial charge in [-0.1, -0.05) is 35.9 Å². The van der Waals surface area contributed by atoms with Crippen molar-refractivity contribution in [3.05, 3.63) is 65.4 Å². The third kappa shape index (κ3) is 3.24. The highest BCUT2D eigenvalue weighted by molar-refractivity contribution is 6.30. The SMILES string of the molecule is NNC(Cc1ccc(Cl)cc1)Cn1cnc2ccccc21. The molecule has 0 fully saturated rings. The number of hydrazine groups is 1. The Bertz CT molecular complexity index is 720. The Balaban J connectivity index is 1.76. The number of fused-ring (bicyclic) bond motifs is 1. The first kappa shape index (κ1) is 14.1. The van der Waals surface area contributed by atoms with E-state index in [1.165, 1.54) is 5.56 Å². The standard InChI is InChI=1S/C16H17ClN4/c17-13-7-5-12(6-8-13)9-14(20-18)10-21-11-19-15-3-1-2-4-16(15)21/h1-8,11,14,20H,9-10,18H2. The number of rotatable bonds is 5. The number of halogens is 1. The normalized spacial score (nSPS) is 12.7. The van der Waals surface area contributed by atoms with E-state index in [9.17, 15) is 0 Å². The highest BCUT2D eigenvalue weighted by Gasteiger charge is 2.11. The molecule has 2 aromatic carbocycles. The summed E-state index contributed by atoms with van der Waals surface area (Å²) in [6, 6.07) is 16.1. The summed E-state index contributed by atoms with van der Waals surface area (Å²) in [5.74, 6) is 5.70. The van der Waals surface area contributed by atoms with E-state index in [1.54, 1.807) is 0 Å². The fourth-order valence-corrected chi connectivity index (χ4v) is 2.60. The largest absolute Gasteiger partial charge is 0.329 e. The quantitative estimate of drug-likeness (QED) is 0.563. The van der Waals surface area contributed by atoms with Gasteiger partial charge in [-0.2, -0.15) is 0 Å². The highest BCUT2D eigenvalue weighted by Crippen LogP contribution is 2.15. The van der Waals surface area contributed by atoms with Crippen molar-refractivity contribution in [1.82, 2.24) is 15.0 Å². The second kappa shape index (κ2) is 6.26. The predicted octanol–water partition coefficient (Wildman–Crippen LogP) is 2.76. The molecule has 0 aliphatic rings. The summed E-state index contributed by atoms with van der Waals surface area (Å²) in [7, 11) is 0. The van der Waals surface area contributed by atoms with Crippen molar-refractivity contribution < 1.29 is 0 Å². The highest BCUT2D eigenvalue weighted by atomic mass is 35.5. The van der Waals surface area contributed by atoms with Crippen molar-refractivity contribution in [2.45, 2.75) is 19.0 Å². The molecule has 21 heavy (non-hydrogen) atoms. The molecule has 0 saturated carbocycles. The molecule has 5 heteroatoms. The molecule has 0 amide bonds. The van der Waals surface area contributed by atoms with Gasteiger partial charge in [0.05, 0.1) is 17.4 Å². The number of nitrogens with one attached hydrogen (secondary N) is 1. The maximum atomic E-state index is 5.91. The van der Waals surface area contributed by atoms with E-state index in [2.05, 4.69) is 21.0 Å². The second-order valence-electron chi connectivity index (χ2n) is 5.08. The van der Waals surface area contributed by atoms with Crippen LogP contribution < -0.4 is 11.3 Å². The number of hydrogen-bond acceptors (Lipinski definition) is 3. The summed E-state index contributed by atoms with van der Waals surface area (Å²) in [4.78, 5) is 4.40. The van der Waals surface area contributed by atoms with E-state index in [1.807, 2.05) is 48.8 Å². The second-order valence-corrected chi connectivity index (χ2v) is 5.52. The van der Waals surface area contributed by atoms with E-state index in [0.29, 0.717) is 0 Å². The molecule has 1 heterocycles. The van der Waals surface area contributed by atoms with Crippen molar-refractivity contribution >= 4 is 22.6 Å². The molecule has 0 spiro atoms. The third-order valence-corrected chi connectivity index (χ3v) is 3.83. The molecule has 0 aliphatic carbocycles. The number of nitrogens with two attached hydrogens (primary N) is 1. The maximum absolute atomic E-state index is 5.91. The van der Waals surface area contributed by atoms with E-state index in [-0.39, 0.29) is 6.04 Å². The molecule has 1 unspecified atom stereocenters. The van der Waals surface area contributed by atoms with Gasteiger partial charge in [0.2, 0.25) is 0 Å². The van der Waals surface area contributed by atoms with E-state index >= 15 is 0 Å². The average Bonchev–Trinajstić information content (AvgIpc) is 2.92. The third-order valence-electron chi connectivity index (χ3n) is 3.58. The molecular weight excluding hydrogens is 284 g/mol. The zero-order valence-electron chi connectivity index (χ0n) is 11.5. The molecular formula is C16H17ClN4. The zero-order chi connectivity index (χ0) is 14.7. The molecule has 3 N–H and O–H groups in total. The summed E-state index contributed by atoms with van der Waals surface area (Å²) in [5.41, 5.74) is 6.21. The van der Waals surface area contributed by atoms with Gasteiger partial charge in [0, 0.05) is 17.6 Å². The number of benzene rings is 2. The lowest BCUT2D eigenvalue weighted by Crippen LogP contribution is -2.39. The monoisotopic (exact) mass is 300 g/mol. The van der Waals surface area contributed by atoms with Crippen LogP contribution in [-0.4, -0.2) is 15.6 Å². The molecule has 3 aromatic rings. The van der Waals surface area contributed by atoms with Gasteiger partial charge < -0.3 is 4.57 Å². The fraction of sp³-hybridized carbons (Fsp3) is 0.188. The van der Waals surface area contributed by atoms with Crippen LogP contribution in [0.15, 0.2) is 54.9 Å². The Morgan fingerprint density at radius 2 is 1.90 bits per heavy atom. The molecule has 4 nitrogen and oxygen atoms in total. The van der Waals surface area contributed by atoms with E-state index < -0.39 is 0 Å². The molecule has 3 rings (SSSR count). The lowest BCUT2D eigenvalue weighted by atomic mass is 10.1. The molecule has 0 radical (unpaired) electrons. The van der Waals surface area contributed by atoms with Gasteiger partial charge in [-0.05, 0) is 36.2 Å². The van der Waals surface area contributed by atoms with Crippen LogP contribution >= 0.6 is 11.6 Å². The molecule has 0 aliphatic heterocycles. The minimum atomic E-state index is 0.129. The minimum Gasteiger partial charge on any atom is -0.329 e. The van der Waals surface area contributed by atoms with Crippen molar-refractivity contribution in [1.29, 1.82) is 0 Å². The maximum Gasteiger partial charge on any atom is 0.0958 e. The summed E-state index contributed by atoms with van der Waals surface area (Å²) in [6.45, 7) is 0.764. The summed E-state index contributed by atoms with van der Waals surface area (Å²) in [6.07, 6.45) is 2.69. The van der Waals surface area contributed by atoms with Gasteiger partial charge in [0.1, 0.15) is 0 Å². The van der Waals surface area contributed by atoms with Crippen LogP contribution in [-0.2, 0) is 13.0 Å². The number of imidazole rings is 1. The number of nitrogens with zero attached hydrogens (tertiary/aromatic N) is 2. The van der Waals surface area contributed by atoms with Crippen molar-refractivity contribution in [3.63, 3.8) is 0 Å². The minimum absolute atomic E-state index is 0.129. The predicted molar refractivity (Wildman–Crippen MR) is 86.0 cm³/mol. The van der Waals surface area contributed by atoms with Crippen LogP contribution in [0, 0.1) is 0 Å².